The third-order valence-corrected chi connectivity index (χ3v) is 4.51. The number of aryl methyl sites for hydroxylation is 2. The molecule has 0 atom stereocenters. The summed E-state index contributed by atoms with van der Waals surface area (Å²) >= 11 is 1.61. The zero-order chi connectivity index (χ0) is 16.6. The van der Waals surface area contributed by atoms with Crippen molar-refractivity contribution in [2.45, 2.75) is 38.1 Å². The van der Waals surface area contributed by atoms with Crippen molar-refractivity contribution in [2.24, 2.45) is 0 Å². The lowest BCUT2D eigenvalue weighted by molar-refractivity contribution is 0.814. The Hall–Kier alpha value is -2.07. The zero-order valence-corrected chi connectivity index (χ0v) is 14.6. The Balaban J connectivity index is 2.36. The van der Waals surface area contributed by atoms with Gasteiger partial charge < -0.3 is 0 Å². The van der Waals surface area contributed by atoms with Crippen LogP contribution in [0.5, 0.6) is 0 Å². The van der Waals surface area contributed by atoms with Gasteiger partial charge in [0.2, 0.25) is 0 Å². The zero-order valence-electron chi connectivity index (χ0n) is 13.8. The minimum Gasteiger partial charge on any atom is -0.268 e. The first-order valence-electron chi connectivity index (χ1n) is 7.73. The second-order valence-electron chi connectivity index (χ2n) is 6.06. The van der Waals surface area contributed by atoms with Crippen LogP contribution in [0.3, 0.4) is 0 Å². The average Bonchev–Trinajstić information content (AvgIpc) is 2.45. The number of fused-ring (bicyclic) bond motifs is 1. The molecule has 0 saturated carbocycles. The van der Waals surface area contributed by atoms with Crippen LogP contribution in [0, 0.1) is 13.8 Å². The SMILES string of the molecule is Cc1cc(C)cc(-n2c(SC(C)C)nc3ccccc3c2=O)c1. The fourth-order valence-corrected chi connectivity index (χ4v) is 3.58. The number of hydrogen-bond acceptors (Lipinski definition) is 3. The van der Waals surface area contributed by atoms with Crippen molar-refractivity contribution in [1.82, 2.24) is 9.55 Å². The van der Waals surface area contributed by atoms with E-state index in [1.54, 1.807) is 16.3 Å². The van der Waals surface area contributed by atoms with E-state index in [0.29, 0.717) is 10.6 Å². The van der Waals surface area contributed by atoms with Gasteiger partial charge >= 0.3 is 0 Å². The van der Waals surface area contributed by atoms with E-state index in [-0.39, 0.29) is 5.56 Å². The Morgan fingerprint density at radius 3 is 2.35 bits per heavy atom. The Kier molecular flexibility index (Phi) is 4.26. The van der Waals surface area contributed by atoms with E-state index in [4.69, 9.17) is 4.98 Å². The van der Waals surface area contributed by atoms with Crippen molar-refractivity contribution >= 4 is 22.7 Å². The summed E-state index contributed by atoms with van der Waals surface area (Å²) in [5.74, 6) is 0. The van der Waals surface area contributed by atoms with Crippen molar-refractivity contribution in [3.63, 3.8) is 0 Å². The van der Waals surface area contributed by atoms with E-state index >= 15 is 0 Å². The molecule has 0 spiro atoms. The standard InChI is InChI=1S/C19H20N2OS/c1-12(2)23-19-20-17-8-6-5-7-16(17)18(22)21(19)15-10-13(3)9-14(4)11-15/h5-12H,1-4H3. The molecule has 0 bridgehead atoms. The summed E-state index contributed by atoms with van der Waals surface area (Å²) in [6.45, 7) is 8.31. The van der Waals surface area contributed by atoms with Crippen molar-refractivity contribution in [3.8, 4) is 5.69 Å². The van der Waals surface area contributed by atoms with E-state index < -0.39 is 0 Å². The molecular formula is C19H20N2OS. The van der Waals surface area contributed by atoms with E-state index in [1.807, 2.05) is 50.2 Å². The molecule has 0 aliphatic heterocycles. The summed E-state index contributed by atoms with van der Waals surface area (Å²) in [7, 11) is 0. The fraction of sp³-hybridized carbons (Fsp3) is 0.263. The molecule has 4 heteroatoms. The third kappa shape index (κ3) is 3.17. The molecule has 0 aliphatic carbocycles. The first-order chi connectivity index (χ1) is 11.0. The number of para-hydroxylation sites is 1. The van der Waals surface area contributed by atoms with Crippen LogP contribution in [0.2, 0.25) is 0 Å². The average molecular weight is 324 g/mol. The smallest absolute Gasteiger partial charge is 0.266 e. The second-order valence-corrected chi connectivity index (χ2v) is 7.61. The molecule has 0 aliphatic rings. The minimum absolute atomic E-state index is 0.0104. The molecule has 0 amide bonds. The van der Waals surface area contributed by atoms with Gasteiger partial charge in [0.05, 0.1) is 16.6 Å². The highest BCUT2D eigenvalue weighted by atomic mass is 32.2. The largest absolute Gasteiger partial charge is 0.268 e. The predicted octanol–water partition coefficient (Wildman–Crippen LogP) is 4.50. The van der Waals surface area contributed by atoms with Gasteiger partial charge in [0.15, 0.2) is 5.16 Å². The summed E-state index contributed by atoms with van der Waals surface area (Å²) in [4.78, 5) is 17.8. The number of benzene rings is 2. The highest BCUT2D eigenvalue weighted by Gasteiger charge is 2.14. The van der Waals surface area contributed by atoms with Gasteiger partial charge in [0, 0.05) is 5.25 Å². The van der Waals surface area contributed by atoms with Crippen molar-refractivity contribution in [2.75, 3.05) is 0 Å². The van der Waals surface area contributed by atoms with E-state index in [0.717, 1.165) is 27.5 Å². The van der Waals surface area contributed by atoms with Crippen LogP contribution in [0.25, 0.3) is 16.6 Å². The lowest BCUT2D eigenvalue weighted by Crippen LogP contribution is -2.22. The molecule has 0 N–H and O–H groups in total. The third-order valence-electron chi connectivity index (χ3n) is 3.55. The number of rotatable bonds is 3. The van der Waals surface area contributed by atoms with E-state index in [9.17, 15) is 4.79 Å². The second kappa shape index (κ2) is 6.20. The van der Waals surface area contributed by atoms with Crippen molar-refractivity contribution in [1.29, 1.82) is 0 Å². The van der Waals surface area contributed by atoms with Crippen LogP contribution in [0.15, 0.2) is 52.4 Å². The Morgan fingerprint density at radius 1 is 1.04 bits per heavy atom. The van der Waals surface area contributed by atoms with Gasteiger partial charge in [-0.3, -0.25) is 9.36 Å². The monoisotopic (exact) mass is 324 g/mol. The van der Waals surface area contributed by atoms with E-state index in [1.165, 1.54) is 0 Å². The topological polar surface area (TPSA) is 34.9 Å². The van der Waals surface area contributed by atoms with Gasteiger partial charge in [-0.2, -0.15) is 0 Å². The normalized spacial score (nSPS) is 11.3. The number of aromatic nitrogens is 2. The molecular weight excluding hydrogens is 304 g/mol. The highest BCUT2D eigenvalue weighted by Crippen LogP contribution is 2.25. The maximum Gasteiger partial charge on any atom is 0.266 e. The Bertz CT molecular complexity index is 908. The van der Waals surface area contributed by atoms with Crippen LogP contribution >= 0.6 is 11.8 Å². The molecule has 0 unspecified atom stereocenters. The number of nitrogens with zero attached hydrogens (tertiary/aromatic N) is 2. The summed E-state index contributed by atoms with van der Waals surface area (Å²) in [5, 5.41) is 1.74. The highest BCUT2D eigenvalue weighted by molar-refractivity contribution is 7.99. The van der Waals surface area contributed by atoms with Crippen molar-refractivity contribution in [3.05, 3.63) is 63.9 Å². The quantitative estimate of drug-likeness (QED) is 0.525. The van der Waals surface area contributed by atoms with E-state index in [2.05, 4.69) is 19.9 Å². The summed E-state index contributed by atoms with van der Waals surface area (Å²) < 4.78 is 1.74. The van der Waals surface area contributed by atoms with Gasteiger partial charge in [-0.25, -0.2) is 4.98 Å². The van der Waals surface area contributed by atoms with Gasteiger partial charge in [-0.05, 0) is 49.2 Å². The van der Waals surface area contributed by atoms with Crippen LogP contribution in [0.1, 0.15) is 25.0 Å². The molecule has 0 saturated heterocycles. The molecule has 3 nitrogen and oxygen atoms in total. The fourth-order valence-electron chi connectivity index (χ4n) is 2.71. The van der Waals surface area contributed by atoms with Crippen LogP contribution in [-0.2, 0) is 0 Å². The molecule has 0 fully saturated rings. The molecule has 0 radical (unpaired) electrons. The molecule has 118 valence electrons. The minimum atomic E-state index is -0.0104. The maximum absolute atomic E-state index is 13.1. The number of hydrogen-bond donors (Lipinski definition) is 0. The van der Waals surface area contributed by atoms with Crippen LogP contribution < -0.4 is 5.56 Å². The molecule has 23 heavy (non-hydrogen) atoms. The van der Waals surface area contributed by atoms with Gasteiger partial charge in [-0.15, -0.1) is 0 Å². The summed E-state index contributed by atoms with van der Waals surface area (Å²) in [5.41, 5.74) is 3.90. The van der Waals surface area contributed by atoms with Crippen LogP contribution in [-0.4, -0.2) is 14.8 Å². The maximum atomic E-state index is 13.1. The lowest BCUT2D eigenvalue weighted by atomic mass is 10.1. The Labute approximate surface area is 140 Å². The van der Waals surface area contributed by atoms with Gasteiger partial charge in [0.1, 0.15) is 0 Å². The van der Waals surface area contributed by atoms with Crippen molar-refractivity contribution < 1.29 is 0 Å². The number of thioether (sulfide) groups is 1. The van der Waals surface area contributed by atoms with Gasteiger partial charge in [-0.1, -0.05) is 43.8 Å². The molecule has 1 aromatic heterocycles. The first-order valence-corrected chi connectivity index (χ1v) is 8.61. The van der Waals surface area contributed by atoms with Gasteiger partial charge in [0.25, 0.3) is 5.56 Å². The molecule has 3 rings (SSSR count). The summed E-state index contributed by atoms with van der Waals surface area (Å²) in [6.07, 6.45) is 0. The van der Waals surface area contributed by atoms with Crippen LogP contribution in [0.4, 0.5) is 0 Å². The predicted molar refractivity (Wildman–Crippen MR) is 97.8 cm³/mol. The Morgan fingerprint density at radius 2 is 1.70 bits per heavy atom. The molecule has 2 aromatic carbocycles. The summed E-state index contributed by atoms with van der Waals surface area (Å²) in [6, 6.07) is 13.7. The molecule has 1 heterocycles. The molecule has 3 aromatic rings. The lowest BCUT2D eigenvalue weighted by Gasteiger charge is -2.15. The first kappa shape index (κ1) is 15.8.